The van der Waals surface area contributed by atoms with Gasteiger partial charge in [0.25, 0.3) is 0 Å². The molecule has 2 unspecified atom stereocenters. The first kappa shape index (κ1) is 19.2. The van der Waals surface area contributed by atoms with Gasteiger partial charge >= 0.3 is 6.09 Å². The predicted molar refractivity (Wildman–Crippen MR) is 83.8 cm³/mol. The highest BCUT2D eigenvalue weighted by Gasteiger charge is 2.28. The van der Waals surface area contributed by atoms with Gasteiger partial charge < -0.3 is 15.8 Å². The number of carbonyl (C=O) groups excluding carboxylic acids is 1. The molecule has 20 heavy (non-hydrogen) atoms. The first-order valence-corrected chi connectivity index (χ1v) is 7.27. The van der Waals surface area contributed by atoms with Gasteiger partial charge in [-0.2, -0.15) is 0 Å². The minimum atomic E-state index is -0.479. The van der Waals surface area contributed by atoms with Gasteiger partial charge in [0.2, 0.25) is 0 Å². The zero-order valence-electron chi connectivity index (χ0n) is 14.4. The second-order valence-corrected chi connectivity index (χ2v) is 7.48. The smallest absolute Gasteiger partial charge is 0.407 e. The number of carbonyl (C=O) groups is 1. The molecule has 0 aromatic heterocycles. The fourth-order valence-corrected chi connectivity index (χ4v) is 1.84. The first-order valence-electron chi connectivity index (χ1n) is 7.27. The molecular weight excluding hydrogens is 254 g/mol. The summed E-state index contributed by atoms with van der Waals surface area (Å²) in [4.78, 5) is 13.9. The monoisotopic (exact) mass is 287 g/mol. The van der Waals surface area contributed by atoms with Crippen molar-refractivity contribution in [2.45, 2.75) is 66.2 Å². The maximum absolute atomic E-state index is 11.7. The molecule has 0 aliphatic heterocycles. The standard InChI is InChI=1S/C15H33N3O2/c1-11(14(2,3)4)18(8)12(9-16)10-17-13(19)20-15(5,6)7/h11-12H,9-10,16H2,1-8H3,(H,17,19). The molecule has 0 spiro atoms. The summed E-state index contributed by atoms with van der Waals surface area (Å²) in [6.07, 6.45) is -0.396. The Morgan fingerprint density at radius 3 is 2.10 bits per heavy atom. The molecule has 0 aromatic carbocycles. The summed E-state index contributed by atoms with van der Waals surface area (Å²) in [5.41, 5.74) is 5.52. The summed E-state index contributed by atoms with van der Waals surface area (Å²) in [5.74, 6) is 0. The number of hydrogen-bond donors (Lipinski definition) is 2. The Morgan fingerprint density at radius 1 is 1.25 bits per heavy atom. The van der Waals surface area contributed by atoms with Crippen LogP contribution in [-0.4, -0.2) is 48.8 Å². The van der Waals surface area contributed by atoms with Crippen LogP contribution in [0.3, 0.4) is 0 Å². The number of alkyl carbamates (subject to hydrolysis) is 1. The highest BCUT2D eigenvalue weighted by atomic mass is 16.6. The number of ether oxygens (including phenoxy) is 1. The minimum Gasteiger partial charge on any atom is -0.444 e. The van der Waals surface area contributed by atoms with Crippen molar-refractivity contribution in [2.24, 2.45) is 11.1 Å². The maximum Gasteiger partial charge on any atom is 0.407 e. The van der Waals surface area contributed by atoms with E-state index < -0.39 is 11.7 Å². The summed E-state index contributed by atoms with van der Waals surface area (Å²) < 4.78 is 5.23. The summed E-state index contributed by atoms with van der Waals surface area (Å²) in [5, 5.41) is 2.79. The molecule has 120 valence electrons. The van der Waals surface area contributed by atoms with E-state index in [4.69, 9.17) is 10.5 Å². The molecule has 0 aliphatic rings. The zero-order chi connectivity index (χ0) is 16.1. The van der Waals surface area contributed by atoms with E-state index in [1.807, 2.05) is 27.8 Å². The highest BCUT2D eigenvalue weighted by molar-refractivity contribution is 5.67. The molecule has 0 aliphatic carbocycles. The van der Waals surface area contributed by atoms with Crippen molar-refractivity contribution >= 4 is 6.09 Å². The van der Waals surface area contributed by atoms with Crippen LogP contribution < -0.4 is 11.1 Å². The summed E-state index contributed by atoms with van der Waals surface area (Å²) in [6.45, 7) is 15.3. The lowest BCUT2D eigenvalue weighted by Gasteiger charge is -2.40. The third-order valence-corrected chi connectivity index (χ3v) is 3.59. The van der Waals surface area contributed by atoms with E-state index in [2.05, 4.69) is 37.9 Å². The minimum absolute atomic E-state index is 0.0942. The number of amides is 1. The van der Waals surface area contributed by atoms with Crippen LogP contribution in [0.2, 0.25) is 0 Å². The average molecular weight is 287 g/mol. The van der Waals surface area contributed by atoms with Crippen LogP contribution in [0.25, 0.3) is 0 Å². The third kappa shape index (κ3) is 7.10. The van der Waals surface area contributed by atoms with E-state index >= 15 is 0 Å². The maximum atomic E-state index is 11.7. The topological polar surface area (TPSA) is 67.6 Å². The molecule has 0 bridgehead atoms. The van der Waals surface area contributed by atoms with Crippen molar-refractivity contribution in [1.82, 2.24) is 10.2 Å². The Labute approximate surface area is 124 Å². The number of nitrogens with two attached hydrogens (primary N) is 1. The lowest BCUT2D eigenvalue weighted by Crippen LogP contribution is -2.53. The van der Waals surface area contributed by atoms with Gasteiger partial charge in [-0.1, -0.05) is 20.8 Å². The van der Waals surface area contributed by atoms with Crippen LogP contribution in [0, 0.1) is 5.41 Å². The van der Waals surface area contributed by atoms with Crippen LogP contribution in [0.1, 0.15) is 48.5 Å². The van der Waals surface area contributed by atoms with Crippen LogP contribution in [0.5, 0.6) is 0 Å². The van der Waals surface area contributed by atoms with E-state index in [9.17, 15) is 4.79 Å². The van der Waals surface area contributed by atoms with Crippen molar-refractivity contribution in [1.29, 1.82) is 0 Å². The average Bonchev–Trinajstić information content (AvgIpc) is 2.24. The van der Waals surface area contributed by atoms with E-state index in [1.165, 1.54) is 0 Å². The molecule has 0 rings (SSSR count). The molecule has 5 nitrogen and oxygen atoms in total. The fraction of sp³-hybridized carbons (Fsp3) is 0.933. The molecule has 1 amide bonds. The second-order valence-electron chi connectivity index (χ2n) is 7.48. The predicted octanol–water partition coefficient (Wildman–Crippen LogP) is 2.20. The van der Waals surface area contributed by atoms with Crippen LogP contribution in [-0.2, 0) is 4.74 Å². The van der Waals surface area contributed by atoms with Crippen molar-refractivity contribution in [3.63, 3.8) is 0 Å². The molecule has 5 heteroatoms. The Balaban J connectivity index is 4.46. The molecule has 3 N–H and O–H groups in total. The van der Waals surface area contributed by atoms with Crippen molar-refractivity contribution in [3.05, 3.63) is 0 Å². The Morgan fingerprint density at radius 2 is 1.75 bits per heavy atom. The van der Waals surface area contributed by atoms with Crippen LogP contribution in [0.15, 0.2) is 0 Å². The molecule has 0 heterocycles. The van der Waals surface area contributed by atoms with E-state index in [1.54, 1.807) is 0 Å². The van der Waals surface area contributed by atoms with Crippen LogP contribution >= 0.6 is 0 Å². The number of nitrogens with one attached hydrogen (secondary N) is 1. The van der Waals surface area contributed by atoms with Gasteiger partial charge in [-0.15, -0.1) is 0 Å². The van der Waals surface area contributed by atoms with Gasteiger partial charge in [-0.05, 0) is 40.2 Å². The molecule has 0 saturated carbocycles. The van der Waals surface area contributed by atoms with Gasteiger partial charge in [0.15, 0.2) is 0 Å². The molecule has 0 radical (unpaired) electrons. The number of likely N-dealkylation sites (N-methyl/N-ethyl adjacent to an activating group) is 1. The van der Waals surface area contributed by atoms with Gasteiger partial charge in [-0.25, -0.2) is 4.79 Å². The largest absolute Gasteiger partial charge is 0.444 e. The summed E-state index contributed by atoms with van der Waals surface area (Å²) >= 11 is 0. The van der Waals surface area contributed by atoms with Gasteiger partial charge in [-0.3, -0.25) is 4.90 Å². The summed E-state index contributed by atoms with van der Waals surface area (Å²) in [7, 11) is 2.05. The van der Waals surface area contributed by atoms with Gasteiger partial charge in [0.1, 0.15) is 5.60 Å². The molecular formula is C15H33N3O2. The Bertz CT molecular complexity index is 305. The highest BCUT2D eigenvalue weighted by Crippen LogP contribution is 2.24. The first-order chi connectivity index (χ1) is 8.88. The number of nitrogens with zero attached hydrogens (tertiary/aromatic N) is 1. The normalized spacial score (nSPS) is 15.9. The third-order valence-electron chi connectivity index (χ3n) is 3.59. The second kappa shape index (κ2) is 7.27. The van der Waals surface area contributed by atoms with Gasteiger partial charge in [0.05, 0.1) is 0 Å². The van der Waals surface area contributed by atoms with Crippen molar-refractivity contribution in [3.8, 4) is 0 Å². The Kier molecular flexibility index (Phi) is 6.98. The summed E-state index contributed by atoms with van der Waals surface area (Å²) in [6, 6.07) is 0.452. The molecule has 0 fully saturated rings. The fourth-order valence-electron chi connectivity index (χ4n) is 1.84. The lowest BCUT2D eigenvalue weighted by molar-refractivity contribution is 0.0486. The Hall–Kier alpha value is -0.810. The van der Waals surface area contributed by atoms with Crippen molar-refractivity contribution in [2.75, 3.05) is 20.1 Å². The molecule has 0 saturated heterocycles. The van der Waals surface area contributed by atoms with Gasteiger partial charge in [0, 0.05) is 25.2 Å². The lowest BCUT2D eigenvalue weighted by atomic mass is 9.86. The van der Waals surface area contributed by atoms with E-state index in [0.717, 1.165) is 0 Å². The van der Waals surface area contributed by atoms with Crippen LogP contribution in [0.4, 0.5) is 4.79 Å². The van der Waals surface area contributed by atoms with E-state index in [0.29, 0.717) is 19.1 Å². The number of rotatable bonds is 5. The van der Waals surface area contributed by atoms with E-state index in [-0.39, 0.29) is 11.5 Å². The SMILES string of the molecule is CC(N(C)C(CN)CNC(=O)OC(C)(C)C)C(C)(C)C. The molecule has 0 aromatic rings. The van der Waals surface area contributed by atoms with Crippen molar-refractivity contribution < 1.29 is 9.53 Å². The molecule has 2 atom stereocenters. The zero-order valence-corrected chi connectivity index (χ0v) is 14.4. The quantitative estimate of drug-likeness (QED) is 0.813. The number of hydrogen-bond acceptors (Lipinski definition) is 4.